The Bertz CT molecular complexity index is 919. The van der Waals surface area contributed by atoms with E-state index in [9.17, 15) is 9.59 Å². The van der Waals surface area contributed by atoms with Gasteiger partial charge in [0.15, 0.2) is 0 Å². The van der Waals surface area contributed by atoms with Crippen LogP contribution in [-0.2, 0) is 4.74 Å². The van der Waals surface area contributed by atoms with Gasteiger partial charge in [0, 0.05) is 25.6 Å². The molecule has 0 radical (unpaired) electrons. The maximum Gasteiger partial charge on any atom is 0.410 e. The molecule has 0 spiro atoms. The second-order valence-electron chi connectivity index (χ2n) is 8.84. The maximum atomic E-state index is 13.4. The summed E-state index contributed by atoms with van der Waals surface area (Å²) in [6.45, 7) is 9.45. The normalized spacial score (nSPS) is 21.4. The third-order valence-electron chi connectivity index (χ3n) is 5.48. The molecule has 2 unspecified atom stereocenters. The maximum absolute atomic E-state index is 13.4. The van der Waals surface area contributed by atoms with Crippen LogP contribution in [0.4, 0.5) is 4.79 Å². The minimum atomic E-state index is -0.528. The van der Waals surface area contributed by atoms with E-state index < -0.39 is 5.60 Å². The van der Waals surface area contributed by atoms with E-state index in [1.807, 2.05) is 50.8 Å². The van der Waals surface area contributed by atoms with Crippen molar-refractivity contribution in [2.45, 2.75) is 45.8 Å². The molecule has 0 bridgehead atoms. The van der Waals surface area contributed by atoms with Crippen LogP contribution in [0.5, 0.6) is 0 Å². The van der Waals surface area contributed by atoms with Gasteiger partial charge in [0.2, 0.25) is 0 Å². The van der Waals surface area contributed by atoms with Crippen molar-refractivity contribution in [3.05, 3.63) is 41.7 Å². The van der Waals surface area contributed by atoms with Crippen molar-refractivity contribution in [1.29, 1.82) is 0 Å². The van der Waals surface area contributed by atoms with Crippen molar-refractivity contribution in [1.82, 2.24) is 24.8 Å². The molecule has 29 heavy (non-hydrogen) atoms. The number of carbonyl (C=O) groups is 2. The molecule has 2 saturated heterocycles. The molecule has 1 aromatic carbocycles. The SMILES string of the molecule is Cc1ccc(-n2nccn2)c(C(=O)N2CCC3CN(C(=O)OC(C)(C)C)C3C2)c1. The summed E-state index contributed by atoms with van der Waals surface area (Å²) in [4.78, 5) is 30.9. The molecule has 3 heterocycles. The van der Waals surface area contributed by atoms with E-state index in [2.05, 4.69) is 10.2 Å². The van der Waals surface area contributed by atoms with E-state index in [0.717, 1.165) is 12.0 Å². The fourth-order valence-corrected chi connectivity index (χ4v) is 4.02. The zero-order valence-corrected chi connectivity index (χ0v) is 17.3. The summed E-state index contributed by atoms with van der Waals surface area (Å²) in [6.07, 6.45) is 3.76. The van der Waals surface area contributed by atoms with Crippen LogP contribution in [0.2, 0.25) is 0 Å². The Kier molecular flexibility index (Phi) is 4.80. The number of likely N-dealkylation sites (tertiary alicyclic amines) is 2. The van der Waals surface area contributed by atoms with Gasteiger partial charge in [0.25, 0.3) is 5.91 Å². The summed E-state index contributed by atoms with van der Waals surface area (Å²) >= 11 is 0. The summed E-state index contributed by atoms with van der Waals surface area (Å²) < 4.78 is 5.52. The van der Waals surface area contributed by atoms with Gasteiger partial charge in [0.05, 0.1) is 29.7 Å². The van der Waals surface area contributed by atoms with E-state index in [4.69, 9.17) is 4.74 Å². The monoisotopic (exact) mass is 397 g/mol. The van der Waals surface area contributed by atoms with Gasteiger partial charge in [-0.05, 0) is 46.2 Å². The number of carbonyl (C=O) groups excluding carboxylic acids is 2. The smallest absolute Gasteiger partial charge is 0.410 e. The van der Waals surface area contributed by atoms with Crippen LogP contribution in [0.1, 0.15) is 43.1 Å². The molecule has 2 aromatic rings. The largest absolute Gasteiger partial charge is 0.444 e. The van der Waals surface area contributed by atoms with E-state index in [1.165, 1.54) is 4.80 Å². The molecule has 2 fully saturated rings. The molecule has 4 rings (SSSR count). The van der Waals surface area contributed by atoms with Gasteiger partial charge in [-0.15, -0.1) is 0 Å². The number of aryl methyl sites for hydroxylation is 1. The first kappa shape index (κ1) is 19.4. The quantitative estimate of drug-likeness (QED) is 0.778. The summed E-state index contributed by atoms with van der Waals surface area (Å²) in [7, 11) is 0. The third kappa shape index (κ3) is 3.83. The fraction of sp³-hybridized carbons (Fsp3) is 0.524. The molecular weight excluding hydrogens is 370 g/mol. The standard InChI is InChI=1S/C21H27N5O3/c1-14-5-6-17(26-22-8-9-23-26)16(11-14)19(27)24-10-7-15-12-25(18(15)13-24)20(28)29-21(2,3)4/h5-6,8-9,11,15,18H,7,10,12-13H2,1-4H3. The molecule has 8 nitrogen and oxygen atoms in total. The number of aromatic nitrogens is 3. The minimum Gasteiger partial charge on any atom is -0.444 e. The highest BCUT2D eigenvalue weighted by Crippen LogP contribution is 2.34. The lowest BCUT2D eigenvalue weighted by atomic mass is 9.82. The van der Waals surface area contributed by atoms with Gasteiger partial charge in [-0.3, -0.25) is 4.79 Å². The number of rotatable bonds is 2. The fourth-order valence-electron chi connectivity index (χ4n) is 4.02. The van der Waals surface area contributed by atoms with E-state index in [1.54, 1.807) is 17.3 Å². The van der Waals surface area contributed by atoms with Crippen molar-refractivity contribution in [2.24, 2.45) is 5.92 Å². The first-order valence-corrected chi connectivity index (χ1v) is 9.99. The van der Waals surface area contributed by atoms with Gasteiger partial charge in [-0.25, -0.2) is 4.79 Å². The molecule has 0 saturated carbocycles. The van der Waals surface area contributed by atoms with Crippen LogP contribution >= 0.6 is 0 Å². The summed E-state index contributed by atoms with van der Waals surface area (Å²) in [6, 6.07) is 5.70. The lowest BCUT2D eigenvalue weighted by Crippen LogP contribution is -2.66. The average molecular weight is 397 g/mol. The van der Waals surface area contributed by atoms with Crippen LogP contribution in [0.15, 0.2) is 30.6 Å². The Morgan fingerprint density at radius 3 is 2.55 bits per heavy atom. The van der Waals surface area contributed by atoms with Crippen molar-refractivity contribution in [3.8, 4) is 5.69 Å². The molecule has 154 valence electrons. The third-order valence-corrected chi connectivity index (χ3v) is 5.48. The molecule has 2 aliphatic rings. The number of hydrogen-bond acceptors (Lipinski definition) is 5. The number of benzene rings is 1. The first-order chi connectivity index (χ1) is 13.7. The summed E-state index contributed by atoms with van der Waals surface area (Å²) in [5.74, 6) is 0.367. The number of hydrogen-bond donors (Lipinski definition) is 0. The topological polar surface area (TPSA) is 80.6 Å². The number of piperidine rings is 1. The van der Waals surface area contributed by atoms with Gasteiger partial charge in [-0.1, -0.05) is 11.6 Å². The molecular formula is C21H27N5O3. The van der Waals surface area contributed by atoms with Gasteiger partial charge in [-0.2, -0.15) is 15.0 Å². The van der Waals surface area contributed by atoms with Crippen molar-refractivity contribution in [2.75, 3.05) is 19.6 Å². The van der Waals surface area contributed by atoms with Crippen LogP contribution in [-0.4, -0.2) is 68.1 Å². The van der Waals surface area contributed by atoms with Crippen LogP contribution < -0.4 is 0 Å². The predicted molar refractivity (Wildman–Crippen MR) is 107 cm³/mol. The second-order valence-corrected chi connectivity index (χ2v) is 8.84. The Hall–Kier alpha value is -2.90. The van der Waals surface area contributed by atoms with Crippen molar-refractivity contribution < 1.29 is 14.3 Å². The number of fused-ring (bicyclic) bond motifs is 1. The Morgan fingerprint density at radius 2 is 1.86 bits per heavy atom. The predicted octanol–water partition coefficient (Wildman–Crippen LogP) is 2.66. The first-order valence-electron chi connectivity index (χ1n) is 9.99. The number of ether oxygens (including phenoxy) is 1. The van der Waals surface area contributed by atoms with E-state index >= 15 is 0 Å². The van der Waals surface area contributed by atoms with Crippen LogP contribution in [0, 0.1) is 12.8 Å². The molecule has 2 aliphatic heterocycles. The zero-order chi connectivity index (χ0) is 20.8. The Morgan fingerprint density at radius 1 is 1.14 bits per heavy atom. The summed E-state index contributed by atoms with van der Waals surface area (Å²) in [5, 5.41) is 8.35. The molecule has 8 heteroatoms. The molecule has 1 aromatic heterocycles. The molecule has 0 N–H and O–H groups in total. The average Bonchev–Trinajstić information content (AvgIpc) is 3.15. The van der Waals surface area contributed by atoms with Crippen molar-refractivity contribution >= 4 is 12.0 Å². The molecule has 0 aliphatic carbocycles. The summed E-state index contributed by atoms with van der Waals surface area (Å²) in [5.41, 5.74) is 1.70. The minimum absolute atomic E-state index is 0.0126. The van der Waals surface area contributed by atoms with Gasteiger partial charge in [0.1, 0.15) is 5.60 Å². The highest BCUT2D eigenvalue weighted by atomic mass is 16.6. The Balaban J connectivity index is 1.52. The molecule has 2 amide bonds. The van der Waals surface area contributed by atoms with Crippen LogP contribution in [0.3, 0.4) is 0 Å². The second kappa shape index (κ2) is 7.17. The number of amides is 2. The number of nitrogens with zero attached hydrogens (tertiary/aromatic N) is 5. The highest BCUT2D eigenvalue weighted by Gasteiger charge is 2.47. The van der Waals surface area contributed by atoms with Gasteiger partial charge >= 0.3 is 6.09 Å². The lowest BCUT2D eigenvalue weighted by Gasteiger charge is -2.53. The Labute approximate surface area is 170 Å². The van der Waals surface area contributed by atoms with Gasteiger partial charge < -0.3 is 14.5 Å². The molecule has 2 atom stereocenters. The highest BCUT2D eigenvalue weighted by molar-refractivity contribution is 5.98. The van der Waals surface area contributed by atoms with E-state index in [0.29, 0.717) is 36.8 Å². The lowest BCUT2D eigenvalue weighted by molar-refractivity contribution is -0.0545. The van der Waals surface area contributed by atoms with Crippen LogP contribution in [0.25, 0.3) is 5.69 Å². The van der Waals surface area contributed by atoms with Crippen molar-refractivity contribution in [3.63, 3.8) is 0 Å². The zero-order valence-electron chi connectivity index (χ0n) is 17.3. The van der Waals surface area contributed by atoms with E-state index in [-0.39, 0.29) is 18.0 Å².